The molecule has 12 heteroatoms. The molecule has 2 aliphatic rings. The van der Waals surface area contributed by atoms with Crippen molar-refractivity contribution in [3.8, 4) is 11.5 Å². The zero-order valence-corrected chi connectivity index (χ0v) is 25.6. The number of ether oxygens (including phenoxy) is 2. The summed E-state index contributed by atoms with van der Waals surface area (Å²) in [4.78, 5) is 55.8. The fourth-order valence-corrected chi connectivity index (χ4v) is 8.33. The SMILES string of the molecule is COc1ccc(NC(=O)Cn2c3c(sc2=O)C(c2ccc(Br)cc2)C2C(=O)N(c4ccc(OC)cc4)C(=O)C2S3)cc1. The summed E-state index contributed by atoms with van der Waals surface area (Å²) in [7, 11) is 3.10. The Morgan fingerprint density at radius 1 is 0.881 bits per heavy atom. The van der Waals surface area contributed by atoms with Gasteiger partial charge in [0.25, 0.3) is 0 Å². The van der Waals surface area contributed by atoms with E-state index in [-0.39, 0.29) is 29.1 Å². The molecule has 3 atom stereocenters. The van der Waals surface area contributed by atoms with Crippen LogP contribution in [0.2, 0.25) is 0 Å². The van der Waals surface area contributed by atoms with Crippen molar-refractivity contribution in [2.75, 3.05) is 24.4 Å². The summed E-state index contributed by atoms with van der Waals surface area (Å²) in [6, 6.07) is 21.2. The van der Waals surface area contributed by atoms with Crippen LogP contribution in [-0.2, 0) is 20.9 Å². The number of nitrogens with zero attached hydrogens (tertiary/aromatic N) is 2. The molecule has 4 aromatic rings. The van der Waals surface area contributed by atoms with E-state index in [1.54, 1.807) is 62.8 Å². The summed E-state index contributed by atoms with van der Waals surface area (Å²) in [5.41, 5.74) is 1.82. The monoisotopic (exact) mass is 665 g/mol. The number of benzene rings is 3. The largest absolute Gasteiger partial charge is 0.497 e. The molecule has 0 bridgehead atoms. The molecule has 1 fully saturated rings. The number of aromatic nitrogens is 1. The highest BCUT2D eigenvalue weighted by atomic mass is 79.9. The van der Waals surface area contributed by atoms with Gasteiger partial charge >= 0.3 is 4.87 Å². The quantitative estimate of drug-likeness (QED) is 0.273. The van der Waals surface area contributed by atoms with E-state index < -0.39 is 17.1 Å². The molecule has 214 valence electrons. The van der Waals surface area contributed by atoms with Crippen LogP contribution in [0.5, 0.6) is 11.5 Å². The lowest BCUT2D eigenvalue weighted by Crippen LogP contribution is -2.33. The molecule has 2 aliphatic heterocycles. The molecule has 3 aromatic carbocycles. The second kappa shape index (κ2) is 11.4. The van der Waals surface area contributed by atoms with E-state index >= 15 is 0 Å². The van der Waals surface area contributed by atoms with Crippen molar-refractivity contribution >= 4 is 68.1 Å². The van der Waals surface area contributed by atoms with Crippen LogP contribution in [0, 0.1) is 5.92 Å². The predicted octanol–water partition coefficient (Wildman–Crippen LogP) is 5.12. The first kappa shape index (κ1) is 28.3. The molecule has 1 saturated heterocycles. The lowest BCUT2D eigenvalue weighted by atomic mass is 9.83. The van der Waals surface area contributed by atoms with Gasteiger partial charge in [0, 0.05) is 21.0 Å². The van der Waals surface area contributed by atoms with Crippen LogP contribution in [0.3, 0.4) is 0 Å². The second-order valence-corrected chi connectivity index (χ2v) is 12.7. The maximum Gasteiger partial charge on any atom is 0.308 e. The second-order valence-electron chi connectivity index (χ2n) is 9.70. The number of carbonyl (C=O) groups is 3. The minimum atomic E-state index is -0.773. The fraction of sp³-hybridized carbons (Fsp3) is 0.200. The molecular weight excluding hydrogens is 642 g/mol. The van der Waals surface area contributed by atoms with E-state index in [0.717, 1.165) is 21.4 Å². The Hall–Kier alpha value is -3.87. The standard InChI is InChI=1S/C30H24BrN3O6S2/c1-39-20-11-7-18(8-12-20)32-22(35)15-33-29-26(42-30(33)38)23(16-3-5-17(31)6-4-16)24-25(41-29)28(37)34(27(24)36)19-9-13-21(40-2)14-10-19/h3-14,23-25H,15H2,1-2H3,(H,32,35). The molecule has 0 saturated carbocycles. The first-order valence-corrected chi connectivity index (χ1v) is 15.4. The van der Waals surface area contributed by atoms with Gasteiger partial charge in [0.1, 0.15) is 23.3 Å². The zero-order valence-electron chi connectivity index (χ0n) is 22.4. The molecule has 3 amide bonds. The molecule has 6 rings (SSSR count). The van der Waals surface area contributed by atoms with Gasteiger partial charge in [0.15, 0.2) is 0 Å². The Labute approximate surface area is 257 Å². The molecule has 0 aliphatic carbocycles. The highest BCUT2D eigenvalue weighted by molar-refractivity contribution is 9.10. The summed E-state index contributed by atoms with van der Waals surface area (Å²) in [6.07, 6.45) is 0. The third kappa shape index (κ3) is 5.03. The van der Waals surface area contributed by atoms with E-state index in [0.29, 0.717) is 32.8 Å². The van der Waals surface area contributed by atoms with Crippen LogP contribution in [0.4, 0.5) is 11.4 Å². The molecule has 42 heavy (non-hydrogen) atoms. The topological polar surface area (TPSA) is 107 Å². The Morgan fingerprint density at radius 2 is 1.50 bits per heavy atom. The van der Waals surface area contributed by atoms with Gasteiger partial charge in [-0.1, -0.05) is 51.2 Å². The number of hydrogen-bond acceptors (Lipinski definition) is 8. The van der Waals surface area contributed by atoms with Gasteiger partial charge in [-0.2, -0.15) is 0 Å². The minimum Gasteiger partial charge on any atom is -0.497 e. The number of thiazole rings is 1. The van der Waals surface area contributed by atoms with Crippen LogP contribution < -0.4 is 24.6 Å². The highest BCUT2D eigenvalue weighted by Crippen LogP contribution is 2.54. The van der Waals surface area contributed by atoms with Crippen molar-refractivity contribution in [1.82, 2.24) is 4.57 Å². The molecular formula is C30H24BrN3O6S2. The molecule has 0 spiro atoms. The van der Waals surface area contributed by atoms with E-state index in [4.69, 9.17) is 9.47 Å². The van der Waals surface area contributed by atoms with Crippen molar-refractivity contribution < 1.29 is 23.9 Å². The number of methoxy groups -OCH3 is 2. The van der Waals surface area contributed by atoms with Crippen LogP contribution in [0.15, 0.2) is 87.1 Å². The summed E-state index contributed by atoms with van der Waals surface area (Å²) < 4.78 is 12.7. The average molecular weight is 667 g/mol. The number of hydrogen-bond donors (Lipinski definition) is 1. The van der Waals surface area contributed by atoms with Crippen molar-refractivity contribution in [2.45, 2.75) is 22.7 Å². The van der Waals surface area contributed by atoms with E-state index in [1.807, 2.05) is 24.3 Å². The fourth-order valence-electron chi connectivity index (χ4n) is 5.29. The van der Waals surface area contributed by atoms with Crippen LogP contribution >= 0.6 is 39.0 Å². The first-order chi connectivity index (χ1) is 20.3. The lowest BCUT2D eigenvalue weighted by Gasteiger charge is -2.30. The maximum atomic E-state index is 14.0. The lowest BCUT2D eigenvalue weighted by molar-refractivity contribution is -0.122. The molecule has 1 N–H and O–H groups in total. The maximum absolute atomic E-state index is 14.0. The summed E-state index contributed by atoms with van der Waals surface area (Å²) in [5, 5.41) is 2.57. The van der Waals surface area contributed by atoms with E-state index in [9.17, 15) is 19.2 Å². The Balaban J connectivity index is 1.37. The Bertz CT molecular complexity index is 1730. The summed E-state index contributed by atoms with van der Waals surface area (Å²) in [6.45, 7) is -0.238. The molecule has 3 heterocycles. The molecule has 9 nitrogen and oxygen atoms in total. The van der Waals surface area contributed by atoms with Gasteiger partial charge < -0.3 is 14.8 Å². The van der Waals surface area contributed by atoms with Gasteiger partial charge in [-0.25, -0.2) is 4.90 Å². The van der Waals surface area contributed by atoms with Crippen molar-refractivity contribution in [1.29, 1.82) is 0 Å². The molecule has 1 aromatic heterocycles. The number of nitrogens with one attached hydrogen (secondary N) is 1. The van der Waals surface area contributed by atoms with E-state index in [2.05, 4.69) is 21.2 Å². The number of carbonyl (C=O) groups excluding carboxylic acids is 3. The third-order valence-corrected chi connectivity index (χ3v) is 10.4. The smallest absolute Gasteiger partial charge is 0.308 e. The number of halogens is 1. The van der Waals surface area contributed by atoms with Crippen LogP contribution in [0.25, 0.3) is 0 Å². The van der Waals surface area contributed by atoms with Gasteiger partial charge in [0.05, 0.1) is 30.9 Å². The summed E-state index contributed by atoms with van der Waals surface area (Å²) in [5.74, 6) is -1.08. The van der Waals surface area contributed by atoms with E-state index in [1.165, 1.54) is 21.2 Å². The van der Waals surface area contributed by atoms with Crippen LogP contribution in [-0.4, -0.2) is 41.8 Å². The zero-order chi connectivity index (χ0) is 29.5. The average Bonchev–Trinajstić information content (AvgIpc) is 3.44. The number of amides is 3. The number of rotatable bonds is 7. The first-order valence-electron chi connectivity index (χ1n) is 12.9. The van der Waals surface area contributed by atoms with Crippen LogP contribution in [0.1, 0.15) is 16.4 Å². The minimum absolute atomic E-state index is 0.238. The van der Waals surface area contributed by atoms with Crippen molar-refractivity contribution in [3.63, 3.8) is 0 Å². The van der Waals surface area contributed by atoms with Gasteiger partial charge in [-0.05, 0) is 66.2 Å². The number of anilines is 2. The number of fused-ring (bicyclic) bond motifs is 2. The third-order valence-electron chi connectivity index (χ3n) is 7.28. The Morgan fingerprint density at radius 3 is 2.12 bits per heavy atom. The normalized spacial score (nSPS) is 19.3. The molecule has 3 unspecified atom stereocenters. The Kier molecular flexibility index (Phi) is 7.69. The highest BCUT2D eigenvalue weighted by Gasteiger charge is 2.56. The number of imide groups is 1. The van der Waals surface area contributed by atoms with Crippen molar-refractivity contribution in [3.05, 3.63) is 97.4 Å². The van der Waals surface area contributed by atoms with Gasteiger partial charge in [-0.3, -0.25) is 23.7 Å². The molecule has 0 radical (unpaired) electrons. The van der Waals surface area contributed by atoms with Gasteiger partial charge in [0.2, 0.25) is 17.7 Å². The summed E-state index contributed by atoms with van der Waals surface area (Å²) >= 11 is 5.65. The van der Waals surface area contributed by atoms with Gasteiger partial charge in [-0.15, -0.1) is 0 Å². The predicted molar refractivity (Wildman–Crippen MR) is 165 cm³/mol. The number of thioether (sulfide) groups is 1. The van der Waals surface area contributed by atoms with Crippen molar-refractivity contribution in [2.24, 2.45) is 5.92 Å².